The Labute approximate surface area is 83.6 Å². The largest absolute Gasteiger partial charge is 0.486 e. The molecule has 0 radical (unpaired) electrons. The van der Waals surface area contributed by atoms with Gasteiger partial charge < -0.3 is 10.1 Å². The molecule has 1 aromatic heterocycles. The molecule has 0 amide bonds. The summed E-state index contributed by atoms with van der Waals surface area (Å²) in [5.74, 6) is 0.818. The Bertz CT molecular complexity index is 302. The molecule has 1 aliphatic heterocycles. The van der Waals surface area contributed by atoms with E-state index in [0.29, 0.717) is 0 Å². The summed E-state index contributed by atoms with van der Waals surface area (Å²) in [7, 11) is 0. The summed E-state index contributed by atoms with van der Waals surface area (Å²) >= 11 is 0. The van der Waals surface area contributed by atoms with Crippen molar-refractivity contribution >= 4 is 6.20 Å². The van der Waals surface area contributed by atoms with Crippen LogP contribution in [-0.2, 0) is 0 Å². The first-order valence-electron chi connectivity index (χ1n) is 4.92. The van der Waals surface area contributed by atoms with Crippen LogP contribution in [0.1, 0.15) is 12.8 Å². The third-order valence-corrected chi connectivity index (χ3v) is 2.32. The first kappa shape index (κ1) is 9.27. The third-order valence-electron chi connectivity index (χ3n) is 2.32. The van der Waals surface area contributed by atoms with E-state index in [2.05, 4.69) is 17.0 Å². The van der Waals surface area contributed by atoms with Gasteiger partial charge in [-0.2, -0.15) is 5.10 Å². The molecule has 1 unspecified atom stereocenters. The monoisotopic (exact) mass is 193 g/mol. The molecule has 2 heterocycles. The van der Waals surface area contributed by atoms with Crippen molar-refractivity contribution in [2.24, 2.45) is 0 Å². The van der Waals surface area contributed by atoms with Crippen LogP contribution in [0.3, 0.4) is 0 Å². The first-order chi connectivity index (χ1) is 6.88. The van der Waals surface area contributed by atoms with Crippen molar-refractivity contribution in [3.05, 3.63) is 19.0 Å². The fourth-order valence-electron chi connectivity index (χ4n) is 1.59. The second-order valence-corrected chi connectivity index (χ2v) is 3.42. The van der Waals surface area contributed by atoms with Gasteiger partial charge in [-0.05, 0) is 19.4 Å². The fraction of sp³-hybridized carbons (Fsp3) is 0.500. The van der Waals surface area contributed by atoms with Crippen molar-refractivity contribution in [1.82, 2.24) is 15.1 Å². The molecule has 4 nitrogen and oxygen atoms in total. The number of hydrogen-bond donors (Lipinski definition) is 1. The maximum absolute atomic E-state index is 5.74. The zero-order valence-corrected chi connectivity index (χ0v) is 8.15. The minimum atomic E-state index is 0.284. The number of aromatic nitrogens is 2. The van der Waals surface area contributed by atoms with E-state index in [9.17, 15) is 0 Å². The lowest BCUT2D eigenvalue weighted by Gasteiger charge is -2.22. The maximum atomic E-state index is 5.74. The fourth-order valence-corrected chi connectivity index (χ4v) is 1.59. The van der Waals surface area contributed by atoms with Crippen molar-refractivity contribution in [3.63, 3.8) is 0 Å². The van der Waals surface area contributed by atoms with Gasteiger partial charge in [0.25, 0.3) is 0 Å². The van der Waals surface area contributed by atoms with E-state index in [4.69, 9.17) is 4.74 Å². The van der Waals surface area contributed by atoms with E-state index >= 15 is 0 Å². The molecule has 0 saturated carbocycles. The summed E-state index contributed by atoms with van der Waals surface area (Å²) in [6.45, 7) is 5.66. The topological polar surface area (TPSA) is 39.1 Å². The molecule has 4 heteroatoms. The normalized spacial score (nSPS) is 21.9. The van der Waals surface area contributed by atoms with E-state index < -0.39 is 0 Å². The van der Waals surface area contributed by atoms with Crippen molar-refractivity contribution in [1.29, 1.82) is 0 Å². The van der Waals surface area contributed by atoms with Gasteiger partial charge in [0, 0.05) is 12.7 Å². The molecule has 1 saturated heterocycles. The second kappa shape index (κ2) is 4.28. The number of nitrogens with one attached hydrogen (secondary N) is 1. The van der Waals surface area contributed by atoms with Crippen LogP contribution in [0.5, 0.6) is 5.75 Å². The Hall–Kier alpha value is -1.29. The molecule has 1 atom stereocenters. The van der Waals surface area contributed by atoms with Crippen LogP contribution in [0.15, 0.2) is 19.0 Å². The Balaban J connectivity index is 1.92. The molecule has 14 heavy (non-hydrogen) atoms. The number of piperidine rings is 1. The molecular weight excluding hydrogens is 178 g/mol. The minimum absolute atomic E-state index is 0.284. The average molecular weight is 193 g/mol. The van der Waals surface area contributed by atoms with Gasteiger partial charge in [0.1, 0.15) is 6.10 Å². The number of hydrogen-bond acceptors (Lipinski definition) is 3. The van der Waals surface area contributed by atoms with Gasteiger partial charge in [0.15, 0.2) is 5.75 Å². The quantitative estimate of drug-likeness (QED) is 0.781. The van der Waals surface area contributed by atoms with Crippen molar-refractivity contribution in [3.8, 4) is 5.75 Å². The van der Waals surface area contributed by atoms with Gasteiger partial charge in [-0.3, -0.25) is 0 Å². The van der Waals surface area contributed by atoms with Crippen LogP contribution >= 0.6 is 0 Å². The molecule has 0 aliphatic carbocycles. The van der Waals surface area contributed by atoms with E-state index in [1.807, 2.05) is 6.20 Å². The molecule has 1 N–H and O–H groups in total. The highest BCUT2D eigenvalue weighted by Gasteiger charge is 2.14. The molecule has 0 spiro atoms. The van der Waals surface area contributed by atoms with Crippen molar-refractivity contribution < 1.29 is 4.74 Å². The standard InChI is InChI=1S/C10H15N3O/c1-2-13-8-10(7-12-13)14-9-4-3-5-11-6-9/h2,7-9,11H,1,3-6H2. The Morgan fingerprint density at radius 1 is 1.71 bits per heavy atom. The van der Waals surface area contributed by atoms with Gasteiger partial charge in [-0.25, -0.2) is 4.68 Å². The van der Waals surface area contributed by atoms with Crippen molar-refractivity contribution in [2.75, 3.05) is 13.1 Å². The summed E-state index contributed by atoms with van der Waals surface area (Å²) in [6, 6.07) is 0. The molecule has 0 bridgehead atoms. The lowest BCUT2D eigenvalue weighted by molar-refractivity contribution is 0.167. The van der Waals surface area contributed by atoms with E-state index in [0.717, 1.165) is 25.3 Å². The lowest BCUT2D eigenvalue weighted by atomic mass is 10.1. The molecule has 1 aliphatic rings. The van der Waals surface area contributed by atoms with Crippen LogP contribution in [0.2, 0.25) is 0 Å². The summed E-state index contributed by atoms with van der Waals surface area (Å²) in [5, 5.41) is 7.36. The van der Waals surface area contributed by atoms with Crippen LogP contribution < -0.4 is 10.1 Å². The smallest absolute Gasteiger partial charge is 0.158 e. The maximum Gasteiger partial charge on any atom is 0.158 e. The Morgan fingerprint density at radius 2 is 2.64 bits per heavy atom. The lowest BCUT2D eigenvalue weighted by Crippen LogP contribution is -2.37. The minimum Gasteiger partial charge on any atom is -0.486 e. The summed E-state index contributed by atoms with van der Waals surface area (Å²) in [6.07, 6.45) is 7.78. The highest BCUT2D eigenvalue weighted by molar-refractivity contribution is 5.21. The highest BCUT2D eigenvalue weighted by Crippen LogP contribution is 2.14. The van der Waals surface area contributed by atoms with Crippen LogP contribution in [0.4, 0.5) is 0 Å². The van der Waals surface area contributed by atoms with Gasteiger partial charge in [0.05, 0.1) is 12.4 Å². The third kappa shape index (κ3) is 2.14. The van der Waals surface area contributed by atoms with E-state index in [1.54, 1.807) is 17.1 Å². The van der Waals surface area contributed by atoms with Crippen LogP contribution in [-0.4, -0.2) is 29.0 Å². The van der Waals surface area contributed by atoms with Gasteiger partial charge in [0.2, 0.25) is 0 Å². The second-order valence-electron chi connectivity index (χ2n) is 3.42. The van der Waals surface area contributed by atoms with Crippen LogP contribution in [0.25, 0.3) is 6.20 Å². The van der Waals surface area contributed by atoms with Gasteiger partial charge in [-0.15, -0.1) is 0 Å². The number of nitrogens with zero attached hydrogens (tertiary/aromatic N) is 2. The zero-order chi connectivity index (χ0) is 9.80. The summed E-state index contributed by atoms with van der Waals surface area (Å²) in [5.41, 5.74) is 0. The zero-order valence-electron chi connectivity index (χ0n) is 8.15. The van der Waals surface area contributed by atoms with Gasteiger partial charge in [-0.1, -0.05) is 6.58 Å². The molecule has 1 aromatic rings. The van der Waals surface area contributed by atoms with Gasteiger partial charge >= 0.3 is 0 Å². The Kier molecular flexibility index (Phi) is 2.84. The average Bonchev–Trinajstić information content (AvgIpc) is 2.67. The highest BCUT2D eigenvalue weighted by atomic mass is 16.5. The molecule has 76 valence electrons. The van der Waals surface area contributed by atoms with E-state index in [-0.39, 0.29) is 6.10 Å². The Morgan fingerprint density at radius 3 is 3.29 bits per heavy atom. The van der Waals surface area contributed by atoms with Crippen LogP contribution in [0, 0.1) is 0 Å². The van der Waals surface area contributed by atoms with Crippen molar-refractivity contribution in [2.45, 2.75) is 18.9 Å². The molecular formula is C10H15N3O. The predicted molar refractivity (Wildman–Crippen MR) is 55.1 cm³/mol. The molecule has 1 fully saturated rings. The predicted octanol–water partition coefficient (Wildman–Crippen LogP) is 1.11. The SMILES string of the molecule is C=Cn1cc(OC2CCCNC2)cn1. The summed E-state index contributed by atoms with van der Waals surface area (Å²) in [4.78, 5) is 0. The van der Waals surface area contributed by atoms with E-state index in [1.165, 1.54) is 6.42 Å². The molecule has 2 rings (SSSR count). The first-order valence-corrected chi connectivity index (χ1v) is 4.92. The number of ether oxygens (including phenoxy) is 1. The molecule has 0 aromatic carbocycles. The number of rotatable bonds is 3. The summed E-state index contributed by atoms with van der Waals surface area (Å²) < 4.78 is 7.39.